The molecule has 1 aliphatic rings. The van der Waals surface area contributed by atoms with Gasteiger partial charge in [-0.3, -0.25) is 9.59 Å². The molecule has 14 heavy (non-hydrogen) atoms. The van der Waals surface area contributed by atoms with E-state index in [4.69, 9.17) is 0 Å². The third-order valence-electron chi connectivity index (χ3n) is 2.53. The number of carbonyl (C=O) groups excluding carboxylic acids is 2. The minimum Gasteiger partial charge on any atom is -0.345 e. The molecule has 80 valence electrons. The molecular formula is C10H18N2O2. The van der Waals surface area contributed by atoms with Crippen LogP contribution in [0.3, 0.4) is 0 Å². The Kier molecular flexibility index (Phi) is 3.49. The Hall–Kier alpha value is -1.06. The first-order valence-corrected chi connectivity index (χ1v) is 5.09. The molecule has 0 radical (unpaired) electrons. The zero-order chi connectivity index (χ0) is 10.7. The Balaban J connectivity index is 2.54. The van der Waals surface area contributed by atoms with Crippen molar-refractivity contribution in [3.63, 3.8) is 0 Å². The highest BCUT2D eigenvalue weighted by atomic mass is 16.2. The van der Waals surface area contributed by atoms with Gasteiger partial charge in [0.2, 0.25) is 11.8 Å². The normalized spacial score (nSPS) is 22.9. The molecule has 0 bridgehead atoms. The van der Waals surface area contributed by atoms with Crippen LogP contribution in [-0.2, 0) is 9.59 Å². The maximum Gasteiger partial charge on any atom is 0.242 e. The van der Waals surface area contributed by atoms with Gasteiger partial charge in [0.05, 0.1) is 6.54 Å². The lowest BCUT2D eigenvalue weighted by Crippen LogP contribution is -2.57. The highest BCUT2D eigenvalue weighted by molar-refractivity contribution is 5.94. The Morgan fingerprint density at radius 2 is 2.14 bits per heavy atom. The summed E-state index contributed by atoms with van der Waals surface area (Å²) in [5.41, 5.74) is 0. The van der Waals surface area contributed by atoms with E-state index < -0.39 is 0 Å². The van der Waals surface area contributed by atoms with Gasteiger partial charge in [0, 0.05) is 6.54 Å². The van der Waals surface area contributed by atoms with Crippen molar-refractivity contribution >= 4 is 11.8 Å². The zero-order valence-corrected chi connectivity index (χ0v) is 9.04. The van der Waals surface area contributed by atoms with E-state index in [1.807, 2.05) is 0 Å². The van der Waals surface area contributed by atoms with Crippen LogP contribution in [0.4, 0.5) is 0 Å². The van der Waals surface area contributed by atoms with E-state index in [0.29, 0.717) is 12.5 Å². The summed E-state index contributed by atoms with van der Waals surface area (Å²) in [6, 6.07) is -0.310. The van der Waals surface area contributed by atoms with E-state index >= 15 is 0 Å². The van der Waals surface area contributed by atoms with Gasteiger partial charge in [0.25, 0.3) is 0 Å². The zero-order valence-electron chi connectivity index (χ0n) is 9.04. The van der Waals surface area contributed by atoms with Crippen LogP contribution in [0.25, 0.3) is 0 Å². The van der Waals surface area contributed by atoms with Crippen molar-refractivity contribution in [1.29, 1.82) is 0 Å². The van der Waals surface area contributed by atoms with Crippen LogP contribution in [0.15, 0.2) is 0 Å². The van der Waals surface area contributed by atoms with Gasteiger partial charge in [-0.05, 0) is 19.3 Å². The van der Waals surface area contributed by atoms with Gasteiger partial charge < -0.3 is 10.2 Å². The molecule has 2 amide bonds. The monoisotopic (exact) mass is 198 g/mol. The Morgan fingerprint density at radius 1 is 1.50 bits per heavy atom. The maximum atomic E-state index is 11.5. The SMILES string of the molecule is CC(C)CCN1C(=O)CNC(=O)C1C. The molecule has 4 nitrogen and oxygen atoms in total. The fraction of sp³-hybridized carbons (Fsp3) is 0.800. The van der Waals surface area contributed by atoms with Gasteiger partial charge in [-0.1, -0.05) is 13.8 Å². The summed E-state index contributed by atoms with van der Waals surface area (Å²) in [6.07, 6.45) is 0.948. The molecule has 1 atom stereocenters. The molecule has 1 aliphatic heterocycles. The first kappa shape index (κ1) is 11.0. The molecule has 1 saturated heterocycles. The number of piperazine rings is 1. The van der Waals surface area contributed by atoms with Crippen molar-refractivity contribution in [2.75, 3.05) is 13.1 Å². The molecule has 1 heterocycles. The molecule has 1 N–H and O–H groups in total. The Morgan fingerprint density at radius 3 is 2.71 bits per heavy atom. The fourth-order valence-electron chi connectivity index (χ4n) is 1.49. The lowest BCUT2D eigenvalue weighted by Gasteiger charge is -2.33. The summed E-state index contributed by atoms with van der Waals surface area (Å²) >= 11 is 0. The van der Waals surface area contributed by atoms with Crippen molar-refractivity contribution in [1.82, 2.24) is 10.2 Å². The van der Waals surface area contributed by atoms with Crippen LogP contribution in [0, 0.1) is 5.92 Å². The second-order valence-electron chi connectivity index (χ2n) is 4.16. The van der Waals surface area contributed by atoms with E-state index in [2.05, 4.69) is 19.2 Å². The van der Waals surface area contributed by atoms with E-state index in [1.54, 1.807) is 11.8 Å². The summed E-state index contributed by atoms with van der Waals surface area (Å²) < 4.78 is 0. The second-order valence-corrected chi connectivity index (χ2v) is 4.16. The van der Waals surface area contributed by atoms with Crippen molar-refractivity contribution in [2.24, 2.45) is 5.92 Å². The lowest BCUT2D eigenvalue weighted by molar-refractivity contribution is -0.144. The van der Waals surface area contributed by atoms with Crippen molar-refractivity contribution in [2.45, 2.75) is 33.2 Å². The molecule has 0 spiro atoms. The summed E-state index contributed by atoms with van der Waals surface area (Å²) in [5, 5.41) is 2.57. The smallest absolute Gasteiger partial charge is 0.242 e. The van der Waals surface area contributed by atoms with Crippen LogP contribution >= 0.6 is 0 Å². The minimum atomic E-state index is -0.310. The van der Waals surface area contributed by atoms with Gasteiger partial charge in [-0.15, -0.1) is 0 Å². The molecule has 0 aromatic rings. The first-order chi connectivity index (χ1) is 6.52. The van der Waals surface area contributed by atoms with Crippen LogP contribution in [0.1, 0.15) is 27.2 Å². The molecule has 0 saturated carbocycles. The topological polar surface area (TPSA) is 49.4 Å². The van der Waals surface area contributed by atoms with Crippen molar-refractivity contribution in [3.05, 3.63) is 0 Å². The Bertz CT molecular complexity index is 238. The van der Waals surface area contributed by atoms with Crippen LogP contribution in [-0.4, -0.2) is 35.8 Å². The van der Waals surface area contributed by atoms with E-state index in [1.165, 1.54) is 0 Å². The molecular weight excluding hydrogens is 180 g/mol. The summed E-state index contributed by atoms with van der Waals surface area (Å²) in [7, 11) is 0. The fourth-order valence-corrected chi connectivity index (χ4v) is 1.49. The number of nitrogens with one attached hydrogen (secondary N) is 1. The van der Waals surface area contributed by atoms with Gasteiger partial charge in [-0.25, -0.2) is 0 Å². The lowest BCUT2D eigenvalue weighted by atomic mass is 10.1. The molecule has 4 heteroatoms. The first-order valence-electron chi connectivity index (χ1n) is 5.09. The number of hydrogen-bond acceptors (Lipinski definition) is 2. The number of amides is 2. The second kappa shape index (κ2) is 4.44. The third kappa shape index (κ3) is 2.47. The molecule has 1 fully saturated rings. The minimum absolute atomic E-state index is 0.0257. The number of nitrogens with zero attached hydrogens (tertiary/aromatic N) is 1. The summed E-state index contributed by atoms with van der Waals surface area (Å²) in [4.78, 5) is 24.4. The van der Waals surface area contributed by atoms with Gasteiger partial charge in [0.15, 0.2) is 0 Å². The van der Waals surface area contributed by atoms with Gasteiger partial charge >= 0.3 is 0 Å². The summed E-state index contributed by atoms with van der Waals surface area (Å²) in [5.74, 6) is 0.533. The molecule has 0 aromatic carbocycles. The highest BCUT2D eigenvalue weighted by Crippen LogP contribution is 2.09. The standard InChI is InChI=1S/C10H18N2O2/c1-7(2)4-5-12-8(3)10(14)11-6-9(12)13/h7-8H,4-6H2,1-3H3,(H,11,14). The van der Waals surface area contributed by atoms with Crippen LogP contribution in [0.5, 0.6) is 0 Å². The predicted molar refractivity (Wildman–Crippen MR) is 53.6 cm³/mol. The Labute approximate surface area is 84.7 Å². The largest absolute Gasteiger partial charge is 0.345 e. The summed E-state index contributed by atoms with van der Waals surface area (Å²) in [6.45, 7) is 6.83. The average Bonchev–Trinajstić information content (AvgIpc) is 2.11. The van der Waals surface area contributed by atoms with Crippen molar-refractivity contribution in [3.8, 4) is 0 Å². The van der Waals surface area contributed by atoms with Gasteiger partial charge in [0.1, 0.15) is 6.04 Å². The number of hydrogen-bond donors (Lipinski definition) is 1. The number of carbonyl (C=O) groups is 2. The van der Waals surface area contributed by atoms with Crippen LogP contribution in [0.2, 0.25) is 0 Å². The average molecular weight is 198 g/mol. The molecule has 0 aliphatic carbocycles. The van der Waals surface area contributed by atoms with E-state index in [0.717, 1.165) is 6.42 Å². The quantitative estimate of drug-likeness (QED) is 0.712. The van der Waals surface area contributed by atoms with Crippen LogP contribution < -0.4 is 5.32 Å². The molecule has 1 unspecified atom stereocenters. The highest BCUT2D eigenvalue weighted by Gasteiger charge is 2.30. The molecule has 1 rings (SSSR count). The predicted octanol–water partition coefficient (Wildman–Crippen LogP) is 0.379. The maximum absolute atomic E-state index is 11.5. The number of rotatable bonds is 3. The van der Waals surface area contributed by atoms with Gasteiger partial charge in [-0.2, -0.15) is 0 Å². The van der Waals surface area contributed by atoms with E-state index in [9.17, 15) is 9.59 Å². The third-order valence-corrected chi connectivity index (χ3v) is 2.53. The molecule has 0 aromatic heterocycles. The van der Waals surface area contributed by atoms with Crippen molar-refractivity contribution < 1.29 is 9.59 Å². The van der Waals surface area contributed by atoms with E-state index in [-0.39, 0.29) is 24.4 Å².